The van der Waals surface area contributed by atoms with Gasteiger partial charge < -0.3 is 10.4 Å². The SMILES string of the molecule is O=C1N/C(=N\N=C\c2ccc(O)cc2)S[C@H]1Cc1cccc(Cl)c1. The quantitative estimate of drug-likeness (QED) is 0.650. The summed E-state index contributed by atoms with van der Waals surface area (Å²) < 4.78 is 0. The van der Waals surface area contributed by atoms with Gasteiger partial charge >= 0.3 is 0 Å². The monoisotopic (exact) mass is 359 g/mol. The van der Waals surface area contributed by atoms with Crippen molar-refractivity contribution in [2.75, 3.05) is 0 Å². The van der Waals surface area contributed by atoms with Crippen LogP contribution in [-0.2, 0) is 11.2 Å². The largest absolute Gasteiger partial charge is 0.508 e. The lowest BCUT2D eigenvalue weighted by Crippen LogP contribution is -2.25. The first-order chi connectivity index (χ1) is 11.6. The molecule has 7 heteroatoms. The van der Waals surface area contributed by atoms with Crippen molar-refractivity contribution in [1.29, 1.82) is 0 Å². The molecule has 1 heterocycles. The molecule has 1 saturated heterocycles. The van der Waals surface area contributed by atoms with E-state index in [4.69, 9.17) is 11.6 Å². The number of nitrogens with one attached hydrogen (secondary N) is 1. The molecule has 2 aromatic rings. The second kappa shape index (κ2) is 7.51. The number of benzene rings is 2. The number of thioether (sulfide) groups is 1. The summed E-state index contributed by atoms with van der Waals surface area (Å²) in [6.07, 6.45) is 2.14. The van der Waals surface area contributed by atoms with Crippen LogP contribution in [0.1, 0.15) is 11.1 Å². The molecule has 1 fully saturated rings. The molecule has 1 atom stereocenters. The minimum absolute atomic E-state index is 0.0847. The van der Waals surface area contributed by atoms with E-state index in [9.17, 15) is 9.90 Å². The van der Waals surface area contributed by atoms with Gasteiger partial charge in [0.05, 0.1) is 11.5 Å². The molecule has 0 spiro atoms. The van der Waals surface area contributed by atoms with Crippen molar-refractivity contribution in [2.45, 2.75) is 11.7 Å². The van der Waals surface area contributed by atoms with E-state index in [1.54, 1.807) is 36.5 Å². The smallest absolute Gasteiger partial charge is 0.239 e. The number of carbonyl (C=O) groups is 1. The molecule has 24 heavy (non-hydrogen) atoms. The average Bonchev–Trinajstić information content (AvgIpc) is 2.89. The van der Waals surface area contributed by atoms with Crippen LogP contribution in [0.4, 0.5) is 0 Å². The zero-order valence-electron chi connectivity index (χ0n) is 12.5. The third kappa shape index (κ3) is 4.37. The number of aromatic hydroxyl groups is 1. The lowest BCUT2D eigenvalue weighted by molar-refractivity contribution is -0.118. The summed E-state index contributed by atoms with van der Waals surface area (Å²) >= 11 is 7.32. The molecule has 0 unspecified atom stereocenters. The molecule has 3 rings (SSSR count). The Morgan fingerprint density at radius 1 is 1.25 bits per heavy atom. The van der Waals surface area contributed by atoms with Gasteiger partial charge in [0.1, 0.15) is 5.75 Å². The number of hydrogen-bond acceptors (Lipinski definition) is 5. The van der Waals surface area contributed by atoms with E-state index in [1.807, 2.05) is 18.2 Å². The van der Waals surface area contributed by atoms with Crippen LogP contribution in [0, 0.1) is 0 Å². The molecule has 0 saturated carbocycles. The zero-order valence-corrected chi connectivity index (χ0v) is 14.1. The van der Waals surface area contributed by atoms with E-state index in [0.717, 1.165) is 11.1 Å². The standard InChI is InChI=1S/C17H14ClN3O2S/c18-13-3-1-2-12(8-13)9-15-16(23)20-17(24-15)21-19-10-11-4-6-14(22)7-5-11/h1-8,10,15,22H,9H2,(H,20,21,23)/b19-10+/t15-/m0/s1. The van der Waals surface area contributed by atoms with Crippen LogP contribution < -0.4 is 5.32 Å². The van der Waals surface area contributed by atoms with E-state index >= 15 is 0 Å². The molecule has 0 radical (unpaired) electrons. The van der Waals surface area contributed by atoms with Gasteiger partial charge in [-0.25, -0.2) is 0 Å². The fourth-order valence-electron chi connectivity index (χ4n) is 2.17. The van der Waals surface area contributed by atoms with Crippen molar-refractivity contribution < 1.29 is 9.90 Å². The van der Waals surface area contributed by atoms with Gasteiger partial charge in [0.15, 0.2) is 5.17 Å². The van der Waals surface area contributed by atoms with Gasteiger partial charge in [0.25, 0.3) is 0 Å². The molecule has 0 aromatic heterocycles. The van der Waals surface area contributed by atoms with Gasteiger partial charge in [0.2, 0.25) is 5.91 Å². The van der Waals surface area contributed by atoms with Crippen molar-refractivity contribution >= 4 is 40.7 Å². The summed E-state index contributed by atoms with van der Waals surface area (Å²) in [5, 5.41) is 20.8. The number of phenols is 1. The summed E-state index contributed by atoms with van der Waals surface area (Å²) in [5.41, 5.74) is 1.81. The molecule has 0 bridgehead atoms. The van der Waals surface area contributed by atoms with Crippen LogP contribution in [0.3, 0.4) is 0 Å². The summed E-state index contributed by atoms with van der Waals surface area (Å²) in [4.78, 5) is 12.0. The van der Waals surface area contributed by atoms with Crippen LogP contribution >= 0.6 is 23.4 Å². The zero-order chi connectivity index (χ0) is 16.9. The maximum absolute atomic E-state index is 12.0. The van der Waals surface area contributed by atoms with Gasteiger partial charge in [-0.1, -0.05) is 35.5 Å². The molecular formula is C17H14ClN3O2S. The van der Waals surface area contributed by atoms with E-state index in [2.05, 4.69) is 15.5 Å². The summed E-state index contributed by atoms with van der Waals surface area (Å²) in [5.74, 6) is 0.111. The van der Waals surface area contributed by atoms with E-state index < -0.39 is 0 Å². The average molecular weight is 360 g/mol. The molecule has 2 aromatic carbocycles. The highest BCUT2D eigenvalue weighted by Gasteiger charge is 2.30. The third-order valence-electron chi connectivity index (χ3n) is 3.34. The normalized spacial score (nSPS) is 19.1. The van der Waals surface area contributed by atoms with Crippen LogP contribution in [0.2, 0.25) is 5.02 Å². The lowest BCUT2D eigenvalue weighted by atomic mass is 10.1. The van der Waals surface area contributed by atoms with E-state index in [0.29, 0.717) is 16.6 Å². The van der Waals surface area contributed by atoms with Gasteiger partial charge in [-0.3, -0.25) is 4.79 Å². The van der Waals surface area contributed by atoms with Crippen molar-refractivity contribution in [3.63, 3.8) is 0 Å². The Morgan fingerprint density at radius 3 is 2.79 bits per heavy atom. The Bertz CT molecular complexity index is 806. The van der Waals surface area contributed by atoms with Crippen LogP contribution in [0.15, 0.2) is 58.7 Å². The highest BCUT2D eigenvalue weighted by atomic mass is 35.5. The maximum atomic E-state index is 12.0. The first kappa shape index (κ1) is 16.5. The van der Waals surface area contributed by atoms with Crippen molar-refractivity contribution in [3.05, 3.63) is 64.7 Å². The Hall–Kier alpha value is -2.31. The fourth-order valence-corrected chi connectivity index (χ4v) is 3.35. The molecule has 1 amide bonds. The second-order valence-electron chi connectivity index (χ2n) is 5.17. The highest BCUT2D eigenvalue weighted by molar-refractivity contribution is 8.15. The van der Waals surface area contributed by atoms with Crippen LogP contribution in [0.25, 0.3) is 0 Å². The minimum atomic E-state index is -0.244. The summed E-state index contributed by atoms with van der Waals surface area (Å²) in [7, 11) is 0. The first-order valence-corrected chi connectivity index (χ1v) is 8.48. The van der Waals surface area contributed by atoms with Crippen LogP contribution in [0.5, 0.6) is 5.75 Å². The number of phenolic OH excluding ortho intramolecular Hbond substituents is 1. The lowest BCUT2D eigenvalue weighted by Gasteiger charge is -2.05. The molecule has 122 valence electrons. The van der Waals surface area contributed by atoms with E-state index in [1.165, 1.54) is 11.8 Å². The summed E-state index contributed by atoms with van der Waals surface area (Å²) in [6.45, 7) is 0. The van der Waals surface area contributed by atoms with Crippen molar-refractivity contribution in [3.8, 4) is 5.75 Å². The molecule has 2 N–H and O–H groups in total. The Balaban J connectivity index is 1.62. The summed E-state index contributed by atoms with van der Waals surface area (Å²) in [6, 6.07) is 14.1. The van der Waals surface area contributed by atoms with Gasteiger partial charge in [0, 0.05) is 5.02 Å². The number of halogens is 1. The maximum Gasteiger partial charge on any atom is 0.239 e. The van der Waals surface area contributed by atoms with Crippen molar-refractivity contribution in [1.82, 2.24) is 5.32 Å². The molecular weight excluding hydrogens is 346 g/mol. The Kier molecular flexibility index (Phi) is 5.17. The Morgan fingerprint density at radius 2 is 2.04 bits per heavy atom. The number of amides is 1. The number of amidine groups is 1. The first-order valence-electron chi connectivity index (χ1n) is 7.22. The fraction of sp³-hybridized carbons (Fsp3) is 0.118. The number of nitrogens with zero attached hydrogens (tertiary/aromatic N) is 2. The third-order valence-corrected chi connectivity index (χ3v) is 4.64. The van der Waals surface area contributed by atoms with E-state index in [-0.39, 0.29) is 16.9 Å². The predicted octanol–water partition coefficient (Wildman–Crippen LogP) is 3.21. The van der Waals surface area contributed by atoms with Crippen molar-refractivity contribution in [2.24, 2.45) is 10.2 Å². The molecule has 5 nitrogen and oxygen atoms in total. The van der Waals surface area contributed by atoms with Gasteiger partial charge in [-0.05, 0) is 53.9 Å². The number of hydrogen-bond donors (Lipinski definition) is 2. The molecule has 1 aliphatic rings. The van der Waals surface area contributed by atoms with Gasteiger partial charge in [-0.15, -0.1) is 5.10 Å². The minimum Gasteiger partial charge on any atom is -0.508 e. The van der Waals surface area contributed by atoms with Crippen LogP contribution in [-0.4, -0.2) is 27.6 Å². The molecule has 0 aliphatic carbocycles. The highest BCUT2D eigenvalue weighted by Crippen LogP contribution is 2.24. The predicted molar refractivity (Wildman–Crippen MR) is 97.8 cm³/mol. The van der Waals surface area contributed by atoms with Gasteiger partial charge in [-0.2, -0.15) is 5.10 Å². The number of carbonyl (C=O) groups excluding carboxylic acids is 1. The molecule has 1 aliphatic heterocycles. The topological polar surface area (TPSA) is 74.0 Å². The Labute approximate surface area is 148 Å². The second-order valence-corrected chi connectivity index (χ2v) is 6.80. The number of rotatable bonds is 4.